The molecule has 336 valence electrons. The summed E-state index contributed by atoms with van der Waals surface area (Å²) >= 11 is 0. The number of hydrogen-bond acceptors (Lipinski definition) is 10. The summed E-state index contributed by atoms with van der Waals surface area (Å²) in [5, 5.41) is 18.3. The first kappa shape index (κ1) is 55.2. The largest absolute Gasteiger partial charge is 0.462 e. The van der Waals surface area contributed by atoms with Crippen molar-refractivity contribution in [1.29, 1.82) is 0 Å². The van der Waals surface area contributed by atoms with Gasteiger partial charge >= 0.3 is 22.2 Å². The number of unbranched alkanes of at least 4 members (excludes halogenated alkanes) is 22. The Morgan fingerprint density at radius 2 is 0.982 bits per heavy atom. The number of rotatable bonds is 44. The van der Waals surface area contributed by atoms with Crippen LogP contribution in [0, 0.1) is 0 Å². The zero-order valence-electron chi connectivity index (χ0n) is 36.5. The number of ether oxygens (including phenoxy) is 2. The number of carbonyl (C=O) groups excluding carboxylic acids is 2. The van der Waals surface area contributed by atoms with Gasteiger partial charge < -0.3 is 19.7 Å². The Morgan fingerprint density at radius 3 is 1.42 bits per heavy atom. The molecule has 0 aliphatic carbocycles. The van der Waals surface area contributed by atoms with Crippen molar-refractivity contribution in [3.05, 3.63) is 24.3 Å². The molecule has 11 nitrogen and oxygen atoms in total. The van der Waals surface area contributed by atoms with Crippen molar-refractivity contribution in [2.75, 3.05) is 52.6 Å². The zero-order chi connectivity index (χ0) is 41.9. The van der Waals surface area contributed by atoms with Gasteiger partial charge in [0.15, 0.2) is 0 Å². The minimum Gasteiger partial charge on any atom is -0.462 e. The maximum absolute atomic E-state index is 12.7. The zero-order valence-corrected chi connectivity index (χ0v) is 37.3. The number of allylic oxidation sites excluding steroid dienone is 4. The van der Waals surface area contributed by atoms with Gasteiger partial charge in [-0.05, 0) is 64.2 Å². The van der Waals surface area contributed by atoms with Crippen LogP contribution in [0.4, 0.5) is 0 Å². The molecule has 12 heteroatoms. The summed E-state index contributed by atoms with van der Waals surface area (Å²) in [5.41, 5.74) is 0. The van der Waals surface area contributed by atoms with Gasteiger partial charge in [-0.25, -0.2) is 0 Å². The maximum Gasteiger partial charge on any atom is 0.336 e. The number of aliphatic hydroxyl groups is 2. The lowest BCUT2D eigenvalue weighted by Gasteiger charge is -2.20. The SMILES string of the molecule is CCCCCCCC/C=C\CCCCCCCC(=O)OCC(CNS(=O)(=O)OCCN(CCO)CCO)OC(=O)CCCCCCC/C=C\CCCCCCCC. The van der Waals surface area contributed by atoms with Crippen LogP contribution in [0.25, 0.3) is 0 Å². The monoisotopic (exact) mass is 831 g/mol. The first-order valence-corrected chi connectivity index (χ1v) is 24.4. The van der Waals surface area contributed by atoms with E-state index in [1.165, 1.54) is 83.5 Å². The highest BCUT2D eigenvalue weighted by Gasteiger charge is 2.21. The van der Waals surface area contributed by atoms with Gasteiger partial charge in [0.2, 0.25) is 0 Å². The third kappa shape index (κ3) is 40.7. The number of nitrogens with one attached hydrogen (secondary N) is 1. The molecule has 0 aliphatic heterocycles. The molecule has 0 heterocycles. The molecule has 0 radical (unpaired) electrons. The summed E-state index contributed by atoms with van der Waals surface area (Å²) in [6.07, 6.45) is 38.8. The van der Waals surface area contributed by atoms with Gasteiger partial charge in [-0.3, -0.25) is 18.7 Å². The molecule has 0 aromatic carbocycles. The summed E-state index contributed by atoms with van der Waals surface area (Å²) < 4.78 is 43.4. The molecule has 0 saturated heterocycles. The lowest BCUT2D eigenvalue weighted by molar-refractivity contribution is -0.158. The van der Waals surface area contributed by atoms with Crippen LogP contribution in [-0.2, 0) is 33.6 Å². The summed E-state index contributed by atoms with van der Waals surface area (Å²) in [5.74, 6) is -0.868. The van der Waals surface area contributed by atoms with Crippen LogP contribution in [0.2, 0.25) is 0 Å². The highest BCUT2D eigenvalue weighted by Crippen LogP contribution is 2.13. The van der Waals surface area contributed by atoms with E-state index in [9.17, 15) is 18.0 Å². The van der Waals surface area contributed by atoms with Crippen LogP contribution in [-0.4, -0.2) is 94.2 Å². The third-order valence-electron chi connectivity index (χ3n) is 9.98. The first-order valence-electron chi connectivity index (χ1n) is 23.0. The molecule has 0 rings (SSSR count). The molecule has 0 fully saturated rings. The molecule has 0 saturated carbocycles. The predicted octanol–water partition coefficient (Wildman–Crippen LogP) is 9.65. The van der Waals surface area contributed by atoms with Crippen molar-refractivity contribution in [3.63, 3.8) is 0 Å². The van der Waals surface area contributed by atoms with Crippen molar-refractivity contribution < 1.29 is 41.9 Å². The van der Waals surface area contributed by atoms with E-state index < -0.39 is 28.3 Å². The van der Waals surface area contributed by atoms with Gasteiger partial charge in [0.1, 0.15) is 12.7 Å². The van der Waals surface area contributed by atoms with E-state index in [4.69, 9.17) is 23.9 Å². The normalized spacial score (nSPS) is 12.6. The van der Waals surface area contributed by atoms with Crippen molar-refractivity contribution in [1.82, 2.24) is 9.62 Å². The molecular weight excluding hydrogens is 745 g/mol. The number of carbonyl (C=O) groups is 2. The van der Waals surface area contributed by atoms with E-state index in [1.807, 2.05) is 0 Å². The predicted molar refractivity (Wildman–Crippen MR) is 233 cm³/mol. The van der Waals surface area contributed by atoms with Gasteiger partial charge in [0, 0.05) is 32.5 Å². The van der Waals surface area contributed by atoms with Crippen molar-refractivity contribution in [2.24, 2.45) is 0 Å². The van der Waals surface area contributed by atoms with Gasteiger partial charge in [0.25, 0.3) is 0 Å². The van der Waals surface area contributed by atoms with Crippen LogP contribution in [0.3, 0.4) is 0 Å². The minimum atomic E-state index is -4.20. The number of esters is 2. The van der Waals surface area contributed by atoms with E-state index in [0.29, 0.717) is 12.8 Å². The number of nitrogens with zero attached hydrogens (tertiary/aromatic N) is 1. The van der Waals surface area contributed by atoms with Gasteiger partial charge in [-0.2, -0.15) is 13.1 Å². The topological polar surface area (TPSA) is 152 Å². The second kappa shape index (κ2) is 42.3. The van der Waals surface area contributed by atoms with Crippen LogP contribution in [0.15, 0.2) is 24.3 Å². The molecule has 1 atom stereocenters. The highest BCUT2D eigenvalue weighted by atomic mass is 32.2. The fraction of sp³-hybridized carbons (Fsp3) is 0.867. The molecule has 0 amide bonds. The van der Waals surface area contributed by atoms with Gasteiger partial charge in [0.05, 0.1) is 26.4 Å². The third-order valence-corrected chi connectivity index (χ3v) is 11.0. The van der Waals surface area contributed by atoms with Crippen LogP contribution in [0.1, 0.15) is 194 Å². The summed E-state index contributed by atoms with van der Waals surface area (Å²) in [7, 11) is -4.20. The smallest absolute Gasteiger partial charge is 0.336 e. The van der Waals surface area contributed by atoms with Crippen LogP contribution >= 0.6 is 0 Å². The number of aliphatic hydroxyl groups excluding tert-OH is 2. The van der Waals surface area contributed by atoms with E-state index in [0.717, 1.165) is 70.6 Å². The molecule has 57 heavy (non-hydrogen) atoms. The number of hydrogen-bond donors (Lipinski definition) is 3. The minimum absolute atomic E-state index is 0.134. The summed E-state index contributed by atoms with van der Waals surface area (Å²) in [4.78, 5) is 26.9. The standard InChI is InChI=1S/C45H86N2O9S/c1-3-5-7-9-11-13-15-17-19-21-23-25-27-29-31-33-44(50)54-42-43(41-46-57(52,53)55-40-37-47(35-38-48)36-39-49)56-45(51)34-32-30-28-26-24-22-20-18-16-14-12-10-8-6-4-2/h17-20,43,46,48-49H,3-16,21-42H2,1-2H3/b19-17-,20-18-. The molecule has 0 aromatic heterocycles. The lowest BCUT2D eigenvalue weighted by atomic mass is 10.1. The second-order valence-corrected chi connectivity index (χ2v) is 16.8. The lowest BCUT2D eigenvalue weighted by Crippen LogP contribution is -2.40. The fourth-order valence-corrected chi connectivity index (χ4v) is 7.22. The Bertz CT molecular complexity index is 1070. The maximum atomic E-state index is 12.7. The molecule has 1 unspecified atom stereocenters. The van der Waals surface area contributed by atoms with Crippen LogP contribution < -0.4 is 4.72 Å². The second-order valence-electron chi connectivity index (χ2n) is 15.4. The average Bonchev–Trinajstić information content (AvgIpc) is 3.19. The van der Waals surface area contributed by atoms with Crippen LogP contribution in [0.5, 0.6) is 0 Å². The van der Waals surface area contributed by atoms with Crippen molar-refractivity contribution in [3.8, 4) is 0 Å². The van der Waals surface area contributed by atoms with E-state index in [-0.39, 0.29) is 65.4 Å². The average molecular weight is 831 g/mol. The van der Waals surface area contributed by atoms with E-state index in [2.05, 4.69) is 42.9 Å². The first-order chi connectivity index (χ1) is 27.8. The molecule has 0 spiro atoms. The fourth-order valence-electron chi connectivity index (χ4n) is 6.45. The Hall–Kier alpha value is -1.83. The summed E-state index contributed by atoms with van der Waals surface area (Å²) in [6.45, 7) is 4.19. The van der Waals surface area contributed by atoms with Gasteiger partial charge in [-0.1, -0.05) is 141 Å². The van der Waals surface area contributed by atoms with E-state index in [1.54, 1.807) is 4.90 Å². The molecule has 0 bridgehead atoms. The molecule has 0 aliphatic rings. The molecule has 0 aromatic rings. The Balaban J connectivity index is 4.53. The molecule has 3 N–H and O–H groups in total. The highest BCUT2D eigenvalue weighted by molar-refractivity contribution is 7.84. The Morgan fingerprint density at radius 1 is 0.579 bits per heavy atom. The van der Waals surface area contributed by atoms with Gasteiger partial charge in [-0.15, -0.1) is 0 Å². The van der Waals surface area contributed by atoms with Crippen molar-refractivity contribution >= 4 is 22.2 Å². The Labute approximate surface area is 349 Å². The van der Waals surface area contributed by atoms with E-state index >= 15 is 0 Å². The Kier molecular flexibility index (Phi) is 40.9. The molecular formula is C45H86N2O9S. The van der Waals surface area contributed by atoms with Crippen molar-refractivity contribution in [2.45, 2.75) is 200 Å². The summed E-state index contributed by atoms with van der Waals surface area (Å²) in [6, 6.07) is 0. The quantitative estimate of drug-likeness (QED) is 0.0308.